The number of fused-ring (bicyclic) bond motifs is 3. The summed E-state index contributed by atoms with van der Waals surface area (Å²) in [4.78, 5) is 18.2. The van der Waals surface area contributed by atoms with Crippen molar-refractivity contribution in [2.75, 3.05) is 7.11 Å². The summed E-state index contributed by atoms with van der Waals surface area (Å²) in [6.45, 7) is 0. The van der Waals surface area contributed by atoms with Crippen LogP contribution in [0.25, 0.3) is 27.8 Å². The quantitative estimate of drug-likeness (QED) is 0.488. The Kier molecular flexibility index (Phi) is 3.58. The summed E-state index contributed by atoms with van der Waals surface area (Å²) in [7, 11) is 1.65. The molecule has 0 unspecified atom stereocenters. The third kappa shape index (κ3) is 2.53. The fourth-order valence-corrected chi connectivity index (χ4v) is 4.21. The van der Waals surface area contributed by atoms with Crippen LogP contribution in [0.15, 0.2) is 71.7 Å². The van der Waals surface area contributed by atoms with Crippen molar-refractivity contribution in [3.8, 4) is 11.4 Å². The minimum absolute atomic E-state index is 0.0359. The van der Waals surface area contributed by atoms with Gasteiger partial charge in [-0.3, -0.25) is 4.79 Å². The zero-order valence-corrected chi connectivity index (χ0v) is 15.3. The van der Waals surface area contributed by atoms with Gasteiger partial charge in [0.05, 0.1) is 22.7 Å². The molecule has 2 aromatic carbocycles. The second-order valence-corrected chi connectivity index (χ2v) is 7.14. The van der Waals surface area contributed by atoms with E-state index in [2.05, 4.69) is 4.98 Å². The van der Waals surface area contributed by atoms with Crippen LogP contribution in [0.2, 0.25) is 0 Å². The van der Waals surface area contributed by atoms with Gasteiger partial charge in [0.15, 0.2) is 4.96 Å². The van der Waals surface area contributed by atoms with Crippen LogP contribution in [-0.4, -0.2) is 21.1 Å². The molecule has 5 aromatic rings. The van der Waals surface area contributed by atoms with Gasteiger partial charge >= 0.3 is 0 Å². The monoisotopic (exact) mass is 373 g/mol. The lowest BCUT2D eigenvalue weighted by atomic mass is 10.3. The van der Waals surface area contributed by atoms with E-state index in [0.717, 1.165) is 33.1 Å². The van der Waals surface area contributed by atoms with E-state index in [1.807, 2.05) is 77.5 Å². The van der Waals surface area contributed by atoms with E-state index in [-0.39, 0.29) is 5.56 Å². The van der Waals surface area contributed by atoms with Gasteiger partial charge in [0.1, 0.15) is 5.75 Å². The second-order valence-electron chi connectivity index (χ2n) is 6.14. The number of nitrogens with zero attached hydrogens (tertiary/aromatic N) is 3. The smallest absolute Gasteiger partial charge is 0.275 e. The molecule has 0 aliphatic heterocycles. The van der Waals surface area contributed by atoms with Crippen molar-refractivity contribution in [3.05, 3.63) is 87.4 Å². The Labute approximate surface area is 158 Å². The lowest BCUT2D eigenvalue weighted by Crippen LogP contribution is -2.23. The average Bonchev–Trinajstić information content (AvgIpc) is 3.38. The number of ether oxygens (including phenoxy) is 1. The summed E-state index contributed by atoms with van der Waals surface area (Å²) >= 11 is 1.41. The van der Waals surface area contributed by atoms with Crippen LogP contribution in [0.1, 0.15) is 5.69 Å². The first-order valence-electron chi connectivity index (χ1n) is 8.48. The Morgan fingerprint density at radius 2 is 1.85 bits per heavy atom. The van der Waals surface area contributed by atoms with Gasteiger partial charge in [-0.2, -0.15) is 0 Å². The number of thiazole rings is 1. The van der Waals surface area contributed by atoms with Crippen molar-refractivity contribution in [2.45, 2.75) is 0 Å². The maximum atomic E-state index is 12.9. The highest BCUT2D eigenvalue weighted by molar-refractivity contribution is 7.15. The van der Waals surface area contributed by atoms with Gasteiger partial charge in [-0.05, 0) is 54.6 Å². The van der Waals surface area contributed by atoms with E-state index in [0.29, 0.717) is 4.53 Å². The summed E-state index contributed by atoms with van der Waals surface area (Å²) in [5.41, 5.74) is 3.59. The van der Waals surface area contributed by atoms with E-state index in [1.54, 1.807) is 11.5 Å². The first-order valence-corrected chi connectivity index (χ1v) is 9.30. The number of aromatic nitrogens is 3. The first kappa shape index (κ1) is 15.8. The zero-order chi connectivity index (χ0) is 18.4. The minimum atomic E-state index is -0.0359. The number of hydrogen-bond donors (Lipinski definition) is 0. The zero-order valence-electron chi connectivity index (χ0n) is 14.5. The lowest BCUT2D eigenvalue weighted by Gasteiger charge is -2.07. The first-order chi connectivity index (χ1) is 13.2. The number of rotatable bonds is 3. The SMILES string of the molecule is COc1ccc(-n2cccc2/C=c2/sc3nc4ccccc4n3c2=O)cc1. The number of hydrogen-bond acceptors (Lipinski definition) is 4. The lowest BCUT2D eigenvalue weighted by molar-refractivity contribution is 0.414. The summed E-state index contributed by atoms with van der Waals surface area (Å²) in [6.07, 6.45) is 3.90. The van der Waals surface area contributed by atoms with Crippen molar-refractivity contribution in [2.24, 2.45) is 0 Å². The fraction of sp³-hybridized carbons (Fsp3) is 0.0476. The molecule has 0 bridgehead atoms. The molecule has 0 N–H and O–H groups in total. The van der Waals surface area contributed by atoms with Gasteiger partial charge in [-0.25, -0.2) is 9.38 Å². The maximum absolute atomic E-state index is 12.9. The van der Waals surface area contributed by atoms with E-state index < -0.39 is 0 Å². The Morgan fingerprint density at radius 3 is 2.67 bits per heavy atom. The molecule has 0 amide bonds. The number of imidazole rings is 1. The molecular weight excluding hydrogens is 358 g/mol. The van der Waals surface area contributed by atoms with Crippen molar-refractivity contribution in [3.63, 3.8) is 0 Å². The maximum Gasteiger partial charge on any atom is 0.275 e. The van der Waals surface area contributed by atoms with E-state index in [4.69, 9.17) is 4.74 Å². The molecule has 0 atom stereocenters. The summed E-state index contributed by atoms with van der Waals surface area (Å²) in [5.74, 6) is 0.810. The molecule has 6 heteroatoms. The van der Waals surface area contributed by atoms with Gasteiger partial charge in [0, 0.05) is 17.6 Å². The molecule has 0 spiro atoms. The van der Waals surface area contributed by atoms with E-state index in [1.165, 1.54) is 11.3 Å². The van der Waals surface area contributed by atoms with Crippen LogP contribution in [-0.2, 0) is 0 Å². The molecule has 0 saturated carbocycles. The third-order valence-electron chi connectivity index (χ3n) is 4.56. The summed E-state index contributed by atoms with van der Waals surface area (Å²) in [5, 5.41) is 0. The Morgan fingerprint density at radius 1 is 1.04 bits per heavy atom. The third-order valence-corrected chi connectivity index (χ3v) is 5.52. The Bertz CT molecular complexity index is 1380. The molecule has 27 heavy (non-hydrogen) atoms. The van der Waals surface area contributed by atoms with Crippen LogP contribution in [0.3, 0.4) is 0 Å². The predicted octanol–water partition coefficient (Wildman–Crippen LogP) is 3.26. The second kappa shape index (κ2) is 6.10. The highest BCUT2D eigenvalue weighted by Gasteiger charge is 2.11. The van der Waals surface area contributed by atoms with Crippen LogP contribution in [0, 0.1) is 0 Å². The van der Waals surface area contributed by atoms with Crippen LogP contribution < -0.4 is 14.8 Å². The van der Waals surface area contributed by atoms with Crippen LogP contribution in [0.5, 0.6) is 5.75 Å². The normalized spacial score (nSPS) is 12.3. The summed E-state index contributed by atoms with van der Waals surface area (Å²) < 4.78 is 9.61. The van der Waals surface area contributed by atoms with Crippen molar-refractivity contribution >= 4 is 33.4 Å². The standard InChI is InChI=1S/C21H15N3O2S/c1-26-16-10-8-14(9-11-16)23-12-4-5-15(23)13-19-20(25)24-18-7-3-2-6-17(18)22-21(24)27-19/h2-13H,1H3/b19-13+. The Balaban J connectivity index is 1.66. The summed E-state index contributed by atoms with van der Waals surface area (Å²) in [6, 6.07) is 19.5. The molecule has 0 fully saturated rings. The van der Waals surface area contributed by atoms with Gasteiger partial charge in [-0.15, -0.1) is 0 Å². The van der Waals surface area contributed by atoms with Crippen molar-refractivity contribution < 1.29 is 4.74 Å². The fourth-order valence-electron chi connectivity index (χ4n) is 3.24. The van der Waals surface area contributed by atoms with Crippen molar-refractivity contribution in [1.29, 1.82) is 0 Å². The molecule has 0 aliphatic carbocycles. The number of benzene rings is 2. The largest absolute Gasteiger partial charge is 0.497 e. The number of para-hydroxylation sites is 2. The number of methoxy groups -OCH3 is 1. The molecule has 0 aliphatic rings. The van der Waals surface area contributed by atoms with Gasteiger partial charge < -0.3 is 9.30 Å². The van der Waals surface area contributed by atoms with Crippen LogP contribution in [0.4, 0.5) is 0 Å². The molecular formula is C21H15N3O2S. The van der Waals surface area contributed by atoms with Gasteiger partial charge in [0.25, 0.3) is 5.56 Å². The molecule has 5 rings (SSSR count). The van der Waals surface area contributed by atoms with E-state index >= 15 is 0 Å². The minimum Gasteiger partial charge on any atom is -0.497 e. The molecule has 132 valence electrons. The molecule has 0 saturated heterocycles. The highest BCUT2D eigenvalue weighted by atomic mass is 32.1. The van der Waals surface area contributed by atoms with Gasteiger partial charge in [0.2, 0.25) is 0 Å². The highest BCUT2D eigenvalue weighted by Crippen LogP contribution is 2.19. The predicted molar refractivity (Wildman–Crippen MR) is 108 cm³/mol. The van der Waals surface area contributed by atoms with Crippen molar-refractivity contribution in [1.82, 2.24) is 14.0 Å². The Hall–Kier alpha value is -3.38. The van der Waals surface area contributed by atoms with Crippen LogP contribution >= 0.6 is 11.3 Å². The van der Waals surface area contributed by atoms with Gasteiger partial charge in [-0.1, -0.05) is 23.5 Å². The molecule has 3 heterocycles. The topological polar surface area (TPSA) is 48.5 Å². The molecule has 3 aromatic heterocycles. The van der Waals surface area contributed by atoms with E-state index in [9.17, 15) is 4.79 Å². The molecule has 5 nitrogen and oxygen atoms in total. The average molecular weight is 373 g/mol. The molecule has 0 radical (unpaired) electrons.